The highest BCUT2D eigenvalue weighted by Crippen LogP contribution is 2.16. The van der Waals surface area contributed by atoms with Crippen LogP contribution < -0.4 is 76.8 Å². The molecular weight excluding hydrogens is 881 g/mol. The van der Waals surface area contributed by atoms with Crippen LogP contribution in [0.5, 0.6) is 29.1 Å². The molecule has 0 atom stereocenters. The van der Waals surface area contributed by atoms with Gasteiger partial charge in [-0.05, 0) is 73.7 Å². The highest BCUT2D eigenvalue weighted by atomic mass is 16.5. The molecule has 0 radical (unpaired) electrons. The monoisotopic (exact) mass is 936 g/mol. The molecule has 24 heteroatoms. The first-order valence-electron chi connectivity index (χ1n) is 19.4. The number of anilines is 8. The van der Waals surface area contributed by atoms with E-state index in [4.69, 9.17) is 70.3 Å². The Kier molecular flexibility index (Phi) is 26.9. The Bertz CT molecular complexity index is 2730. The average Bonchev–Trinajstić information content (AvgIpc) is 3.32. The van der Waals surface area contributed by atoms with Crippen LogP contribution in [0.15, 0.2) is 161 Å². The number of aromatic nitrogens is 8. The number of nitrogen functional groups attached to an aromatic ring is 8. The second kappa shape index (κ2) is 32.6. The summed E-state index contributed by atoms with van der Waals surface area (Å²) in [6.45, 7) is 2.50. The van der Waals surface area contributed by atoms with Crippen LogP contribution in [0.25, 0.3) is 0 Å². The lowest BCUT2D eigenvalue weighted by Crippen LogP contribution is -2.08. The zero-order valence-corrected chi connectivity index (χ0v) is 37.3. The predicted molar refractivity (Wildman–Crippen MR) is 265 cm³/mol. The summed E-state index contributed by atoms with van der Waals surface area (Å²) in [5, 5.41) is 17.4. The number of hydrogen-bond acceptors (Lipinski definition) is 21. The van der Waals surface area contributed by atoms with Gasteiger partial charge in [-0.2, -0.15) is 0 Å². The fourth-order valence-corrected chi connectivity index (χ4v) is 3.92. The first-order chi connectivity index (χ1) is 32.5. The summed E-state index contributed by atoms with van der Waals surface area (Å²) >= 11 is 0. The standard InChI is InChI=1S/C7H10N2O.2C6H8N2O.5C5H6N2O/c1-2-10-7-6(8)4-3-5-9-7;1-9-6-3-2-5(7)4-8-6;1-9-6-5(7)3-2-4-8-6;6-4-1-5(8)3-7-2-4;6-4-1-2-7-5(8)3-4;6-4-1-2-5(8)7-3-4;6-5-4(8)2-1-3-7-5;6-4-2-1-3-7-5(4)8/h3-5H,2,8H2,1H3;2*2-4H,7H2,1H3;1-3,8H,6H2;1-3H,(H3,6,7,8);1-3H,6H2,(H,7,8);1-3,8H,(H2,6,7);1-3H,6H2,(H,7,8). The first kappa shape index (κ1) is 56.0. The minimum atomic E-state index is -0.229. The van der Waals surface area contributed by atoms with E-state index in [1.165, 1.54) is 55.2 Å². The average molecular weight is 937 g/mol. The molecule has 0 spiro atoms. The Hall–Kier alpha value is -10.0. The van der Waals surface area contributed by atoms with Gasteiger partial charge in [-0.1, -0.05) is 0 Å². The number of aromatic hydroxyl groups is 2. The van der Waals surface area contributed by atoms with E-state index < -0.39 is 0 Å². The van der Waals surface area contributed by atoms with Crippen LogP contribution in [0.2, 0.25) is 0 Å². The number of rotatable bonds is 4. The SMILES string of the molecule is CCOc1ncccc1N.COc1ccc(N)cn1.COc1ncccc1N.Nc1cc[nH]c(=O)c1.Nc1ccc(=O)[nH]c1.Nc1ccc[nH]c1=O.Nc1cncc(O)c1.Nc1ncccc1O. The highest BCUT2D eigenvalue weighted by molar-refractivity contribution is 5.47. The van der Waals surface area contributed by atoms with E-state index in [9.17, 15) is 14.4 Å². The van der Waals surface area contributed by atoms with Crippen LogP contribution in [0.4, 0.5) is 45.6 Å². The van der Waals surface area contributed by atoms with Gasteiger partial charge < -0.3 is 85.2 Å². The number of aromatic amines is 3. The van der Waals surface area contributed by atoms with Gasteiger partial charge in [0.05, 0.1) is 67.9 Å². The number of ether oxygens (including phenoxy) is 3. The summed E-state index contributed by atoms with van der Waals surface area (Å²) < 4.78 is 14.7. The van der Waals surface area contributed by atoms with Crippen molar-refractivity contribution in [3.63, 3.8) is 0 Å². The number of nitrogens with one attached hydrogen (secondary N) is 3. The molecule has 8 heterocycles. The predicted octanol–water partition coefficient (Wildman–Crippen LogP) is 3.02. The van der Waals surface area contributed by atoms with E-state index in [1.807, 2.05) is 6.92 Å². The third-order valence-electron chi connectivity index (χ3n) is 7.06. The Balaban J connectivity index is 0.000000389. The van der Waals surface area contributed by atoms with Gasteiger partial charge in [0.2, 0.25) is 28.8 Å². The van der Waals surface area contributed by atoms with Gasteiger partial charge in [-0.25, -0.2) is 19.9 Å². The largest absolute Gasteiger partial charge is 0.506 e. The Labute approximate surface area is 389 Å². The lowest BCUT2D eigenvalue weighted by atomic mass is 10.4. The van der Waals surface area contributed by atoms with Gasteiger partial charge in [-0.3, -0.25) is 19.4 Å². The van der Waals surface area contributed by atoms with E-state index in [-0.39, 0.29) is 39.7 Å². The lowest BCUT2D eigenvalue weighted by Gasteiger charge is -2.02. The molecule has 68 heavy (non-hydrogen) atoms. The van der Waals surface area contributed by atoms with Crippen LogP contribution in [-0.2, 0) is 0 Å². The zero-order valence-electron chi connectivity index (χ0n) is 37.3. The van der Waals surface area contributed by atoms with Crippen molar-refractivity contribution in [2.45, 2.75) is 6.92 Å². The maximum absolute atomic E-state index is 10.4. The number of H-pyrrole nitrogens is 3. The third-order valence-corrected chi connectivity index (χ3v) is 7.06. The Morgan fingerprint density at radius 3 is 1.56 bits per heavy atom. The van der Waals surface area contributed by atoms with Gasteiger partial charge in [0.15, 0.2) is 11.6 Å². The summed E-state index contributed by atoms with van der Waals surface area (Å²) in [5.41, 5.74) is 45.5. The van der Waals surface area contributed by atoms with Crippen molar-refractivity contribution in [2.75, 3.05) is 66.7 Å². The van der Waals surface area contributed by atoms with Crippen LogP contribution in [0.3, 0.4) is 0 Å². The van der Waals surface area contributed by atoms with Crippen molar-refractivity contribution < 1.29 is 24.4 Å². The molecule has 0 unspecified atom stereocenters. The van der Waals surface area contributed by atoms with Gasteiger partial charge in [0.1, 0.15) is 5.75 Å². The number of nitrogens with two attached hydrogens (primary N) is 8. The summed E-state index contributed by atoms with van der Waals surface area (Å²) in [6.07, 6.45) is 13.7. The number of pyridine rings is 8. The van der Waals surface area contributed by atoms with Crippen molar-refractivity contribution in [1.29, 1.82) is 0 Å². The summed E-state index contributed by atoms with van der Waals surface area (Å²) in [4.78, 5) is 57.2. The van der Waals surface area contributed by atoms with Crippen molar-refractivity contribution in [1.82, 2.24) is 39.9 Å². The molecule has 0 aliphatic carbocycles. The second-order valence-electron chi connectivity index (χ2n) is 12.4. The van der Waals surface area contributed by atoms with Gasteiger partial charge in [0, 0.05) is 72.8 Å². The maximum atomic E-state index is 10.4. The molecule has 0 aliphatic rings. The van der Waals surface area contributed by atoms with Crippen molar-refractivity contribution in [3.05, 3.63) is 178 Å². The summed E-state index contributed by atoms with van der Waals surface area (Å²) in [6, 6.07) is 24.2. The molecule has 0 aliphatic heterocycles. The molecule has 0 bridgehead atoms. The van der Waals surface area contributed by atoms with Crippen molar-refractivity contribution in [2.24, 2.45) is 0 Å². The van der Waals surface area contributed by atoms with Crippen LogP contribution in [0, 0.1) is 0 Å². The summed E-state index contributed by atoms with van der Waals surface area (Å²) in [7, 11) is 3.11. The van der Waals surface area contributed by atoms with Crippen LogP contribution in [-0.4, -0.2) is 70.9 Å². The van der Waals surface area contributed by atoms with E-state index >= 15 is 0 Å². The minimum absolute atomic E-state index is 0.0347. The quantitative estimate of drug-likeness (QED) is 0.121. The molecule has 360 valence electrons. The molecule has 8 rings (SSSR count). The van der Waals surface area contributed by atoms with E-state index in [0.29, 0.717) is 58.4 Å². The van der Waals surface area contributed by atoms with Crippen LogP contribution in [0.1, 0.15) is 6.92 Å². The highest BCUT2D eigenvalue weighted by Gasteiger charge is 1.97. The topological polar surface area (TPSA) is 439 Å². The lowest BCUT2D eigenvalue weighted by molar-refractivity contribution is 0.329. The molecule has 0 aromatic carbocycles. The number of methoxy groups -OCH3 is 2. The molecule has 0 fully saturated rings. The van der Waals surface area contributed by atoms with Crippen molar-refractivity contribution >= 4 is 45.6 Å². The summed E-state index contributed by atoms with van der Waals surface area (Å²) in [5.74, 6) is 1.90. The molecule has 24 nitrogen and oxygen atoms in total. The van der Waals surface area contributed by atoms with Gasteiger partial charge >= 0.3 is 0 Å². The molecular formula is C44H56N16O8. The van der Waals surface area contributed by atoms with Crippen molar-refractivity contribution in [3.8, 4) is 29.1 Å². The first-order valence-corrected chi connectivity index (χ1v) is 19.4. The third kappa shape index (κ3) is 25.8. The Morgan fingerprint density at radius 1 is 0.544 bits per heavy atom. The minimum Gasteiger partial charge on any atom is -0.506 e. The number of nitrogens with zero attached hydrogens (tertiary/aromatic N) is 5. The molecule has 8 aromatic heterocycles. The fourth-order valence-electron chi connectivity index (χ4n) is 3.92. The second-order valence-corrected chi connectivity index (χ2v) is 12.4. The van der Waals surface area contributed by atoms with Gasteiger partial charge in [0.25, 0.3) is 5.56 Å². The molecule has 0 amide bonds. The smallest absolute Gasteiger partial charge is 0.271 e. The zero-order chi connectivity index (χ0) is 50.7. The van der Waals surface area contributed by atoms with Gasteiger partial charge in [-0.15, -0.1) is 0 Å². The molecule has 21 N–H and O–H groups in total. The van der Waals surface area contributed by atoms with Crippen LogP contribution >= 0.6 is 0 Å². The van der Waals surface area contributed by atoms with E-state index in [0.717, 1.165) is 0 Å². The maximum Gasteiger partial charge on any atom is 0.271 e. The fraction of sp³-hybridized carbons (Fsp3) is 0.0909. The molecule has 0 saturated carbocycles. The van der Waals surface area contributed by atoms with E-state index in [1.54, 1.807) is 106 Å². The molecule has 8 aromatic rings. The Morgan fingerprint density at radius 2 is 1.18 bits per heavy atom. The normalized spacial score (nSPS) is 9.04. The molecule has 0 saturated heterocycles. The van der Waals surface area contributed by atoms with E-state index in [2.05, 4.69) is 39.9 Å². The number of hydrogen-bond donors (Lipinski definition) is 13.